The molecule has 1 unspecified atom stereocenters. The Morgan fingerprint density at radius 3 is 1.41 bits per heavy atom. The van der Waals surface area contributed by atoms with E-state index in [0.29, 0.717) is 104 Å². The molecule has 10 aromatic heterocycles. The van der Waals surface area contributed by atoms with Crippen molar-refractivity contribution >= 4 is 80.9 Å². The van der Waals surface area contributed by atoms with Gasteiger partial charge in [-0.2, -0.15) is 0 Å². The lowest BCUT2D eigenvalue weighted by molar-refractivity contribution is 0.0911. The van der Waals surface area contributed by atoms with Gasteiger partial charge in [-0.25, -0.2) is 39.3 Å². The number of ether oxygens (including phenoxy) is 2. The minimum Gasteiger partial charge on any atom is -0.497 e. The van der Waals surface area contributed by atoms with E-state index in [2.05, 4.69) is 102 Å². The van der Waals surface area contributed by atoms with Crippen LogP contribution in [0.15, 0.2) is 194 Å². The number of anilines is 3. The highest BCUT2D eigenvalue weighted by atomic mass is 16.5. The fourth-order valence-corrected chi connectivity index (χ4v) is 12.2. The van der Waals surface area contributed by atoms with Crippen molar-refractivity contribution in [1.29, 1.82) is 0 Å². The van der Waals surface area contributed by atoms with Crippen LogP contribution in [-0.2, 0) is 0 Å². The number of benzene rings is 4. The zero-order valence-corrected chi connectivity index (χ0v) is 62.8. The minimum absolute atomic E-state index is 0.115. The third kappa shape index (κ3) is 18.4. The van der Waals surface area contributed by atoms with Crippen molar-refractivity contribution in [1.82, 2.24) is 100 Å². The Kier molecular flexibility index (Phi) is 23.4. The van der Waals surface area contributed by atoms with E-state index in [1.165, 1.54) is 0 Å². The highest BCUT2D eigenvalue weighted by Crippen LogP contribution is 2.36. The fraction of sp³-hybridized carbons (Fsp3) is 0.212. The summed E-state index contributed by atoms with van der Waals surface area (Å²) in [6, 6.07) is 41.8. The molecule has 14 rings (SSSR count). The maximum Gasteiger partial charge on any atom is 0.321 e. The first-order chi connectivity index (χ1) is 53.5. The summed E-state index contributed by atoms with van der Waals surface area (Å²) in [7, 11) is 3.18. The molecule has 0 aliphatic heterocycles. The number of carbonyl (C=O) groups is 5. The van der Waals surface area contributed by atoms with Gasteiger partial charge >= 0.3 is 18.1 Å². The standard InChI is InChI=1S/C28H28N8O3.C28H27N7O2.C24H28N8O3/c1-4-29-28(38)35-27-33-23-13-19(12-21(25(23)34-27)22-14-20(39-3)10-11-30-22)36-15-24(31-16-36)26(37)32-17(2)18-8-6-5-7-9-18;1-4-29-28(37)34-27-32-24-15-20(14-21(26(24)33-27)23-10-6-8-12-31-23)19-13-17(2)35(25(36)16-19)18(3)22-9-5-7-11-30-22;1-6-25-23(34)30-22-28-18-10-14(32-12-19(27-13-32)21(33)31-24(2,3)4)9-16(20(18)29-22)17-11-15(35-5)7-8-26-17/h5-17H,4H2,1-3H3,(H,32,37)(H3,29,33,34,35,38);5-16,18H,4H2,1-3H3,(H3,29,32,33,34,37);7-13H,6H2,1-5H3,(H,31,33)(H3,25,28,29,30,34)/t17-;;/m0../s1. The van der Waals surface area contributed by atoms with Crippen LogP contribution in [-0.4, -0.2) is 143 Å². The Morgan fingerprint density at radius 2 is 0.955 bits per heavy atom. The van der Waals surface area contributed by atoms with Crippen molar-refractivity contribution in [3.8, 4) is 67.8 Å². The van der Waals surface area contributed by atoms with Gasteiger partial charge in [0.05, 0.1) is 71.1 Å². The van der Waals surface area contributed by atoms with Crippen molar-refractivity contribution in [3.05, 3.63) is 228 Å². The second-order valence-corrected chi connectivity index (χ2v) is 26.5. The van der Waals surface area contributed by atoms with Gasteiger partial charge in [0, 0.05) is 114 Å². The number of hydrogen-bond donors (Lipinski definition) is 11. The fourth-order valence-electron chi connectivity index (χ4n) is 12.2. The lowest BCUT2D eigenvalue weighted by Gasteiger charge is -2.19. The van der Waals surface area contributed by atoms with Gasteiger partial charge in [0.15, 0.2) is 0 Å². The molecule has 0 aliphatic rings. The summed E-state index contributed by atoms with van der Waals surface area (Å²) in [5.41, 5.74) is 13.9. The number of urea groups is 3. The van der Waals surface area contributed by atoms with Crippen LogP contribution in [0.4, 0.5) is 32.2 Å². The molecule has 10 heterocycles. The normalized spacial score (nSPS) is 11.6. The molecule has 0 bridgehead atoms. The number of imidazole rings is 5. The number of amides is 8. The van der Waals surface area contributed by atoms with Crippen LogP contribution in [0, 0.1) is 6.92 Å². The molecule has 0 spiro atoms. The maximum atomic E-state index is 13.3. The van der Waals surface area contributed by atoms with Crippen LogP contribution >= 0.6 is 0 Å². The summed E-state index contributed by atoms with van der Waals surface area (Å²) in [4.78, 5) is 125. The van der Waals surface area contributed by atoms with E-state index < -0.39 is 0 Å². The predicted octanol–water partition coefficient (Wildman–Crippen LogP) is 12.8. The Morgan fingerprint density at radius 1 is 0.495 bits per heavy atom. The smallest absolute Gasteiger partial charge is 0.321 e. The quantitative estimate of drug-likeness (QED) is 0.0338. The second-order valence-electron chi connectivity index (χ2n) is 26.5. The van der Waals surface area contributed by atoms with Gasteiger partial charge in [-0.3, -0.25) is 50.3 Å². The van der Waals surface area contributed by atoms with Crippen LogP contribution in [0.5, 0.6) is 11.5 Å². The third-order valence-corrected chi connectivity index (χ3v) is 17.3. The number of nitrogens with one attached hydrogen (secondary N) is 11. The number of methoxy groups -OCH3 is 2. The molecule has 2 atom stereocenters. The molecule has 11 N–H and O–H groups in total. The van der Waals surface area contributed by atoms with Gasteiger partial charge in [-0.15, -0.1) is 0 Å². The first-order valence-electron chi connectivity index (χ1n) is 35.7. The lowest BCUT2D eigenvalue weighted by atomic mass is 9.99. The number of aromatic nitrogens is 15. The summed E-state index contributed by atoms with van der Waals surface area (Å²) in [6.45, 7) is 18.5. The molecule has 0 aliphatic carbocycles. The molecule has 31 nitrogen and oxygen atoms in total. The molecule has 8 amide bonds. The zero-order valence-electron chi connectivity index (χ0n) is 62.8. The van der Waals surface area contributed by atoms with Crippen molar-refractivity contribution in [2.24, 2.45) is 0 Å². The number of H-pyrrole nitrogens is 3. The van der Waals surface area contributed by atoms with Gasteiger partial charge in [0.25, 0.3) is 17.4 Å². The molecule has 0 radical (unpaired) electrons. The number of pyridine rings is 5. The van der Waals surface area contributed by atoms with Crippen LogP contribution in [0.1, 0.15) is 105 Å². The Bertz CT molecular complexity index is 5750. The molecule has 0 fully saturated rings. The zero-order chi connectivity index (χ0) is 78.5. The van der Waals surface area contributed by atoms with Crippen molar-refractivity contribution in [3.63, 3.8) is 0 Å². The van der Waals surface area contributed by atoms with E-state index in [1.54, 1.807) is 102 Å². The van der Waals surface area contributed by atoms with Crippen molar-refractivity contribution in [2.45, 2.75) is 79.9 Å². The van der Waals surface area contributed by atoms with Gasteiger partial charge in [0.2, 0.25) is 17.8 Å². The number of aromatic amines is 3. The van der Waals surface area contributed by atoms with Crippen LogP contribution in [0.25, 0.3) is 89.4 Å². The Balaban J connectivity index is 0.000000155. The Hall–Kier alpha value is -14.4. The number of hydrogen-bond acceptors (Lipinski definition) is 17. The van der Waals surface area contributed by atoms with Crippen LogP contribution < -0.4 is 57.6 Å². The van der Waals surface area contributed by atoms with Gasteiger partial charge < -0.3 is 64.7 Å². The molecule has 4 aromatic carbocycles. The summed E-state index contributed by atoms with van der Waals surface area (Å²) in [5, 5.41) is 22.1. The van der Waals surface area contributed by atoms with Gasteiger partial charge in [-0.1, -0.05) is 42.5 Å². The van der Waals surface area contributed by atoms with E-state index >= 15 is 0 Å². The van der Waals surface area contributed by atoms with Gasteiger partial charge in [0.1, 0.15) is 46.6 Å². The average molecular weight is 1490 g/mol. The minimum atomic E-state index is -0.381. The summed E-state index contributed by atoms with van der Waals surface area (Å²) < 4.78 is 16.0. The van der Waals surface area contributed by atoms with Crippen LogP contribution in [0.3, 0.4) is 0 Å². The molecular weight excluding hydrogens is 1410 g/mol. The summed E-state index contributed by atoms with van der Waals surface area (Å²) in [6.07, 6.45) is 13.2. The summed E-state index contributed by atoms with van der Waals surface area (Å²) in [5.74, 6) is 1.65. The first kappa shape index (κ1) is 76.3. The number of nitrogens with zero attached hydrogens (tertiary/aromatic N) is 12. The van der Waals surface area contributed by atoms with E-state index in [9.17, 15) is 28.8 Å². The molecule has 31 heteroatoms. The second kappa shape index (κ2) is 34.0. The molecule has 0 saturated heterocycles. The highest BCUT2D eigenvalue weighted by molar-refractivity contribution is 6.01. The number of aryl methyl sites for hydroxylation is 1. The first-order valence-corrected chi connectivity index (χ1v) is 35.7. The van der Waals surface area contributed by atoms with E-state index in [0.717, 1.165) is 50.7 Å². The topological polar surface area (TPSA) is 395 Å². The average Bonchev–Trinajstić information content (AvgIpc) is 1.70. The van der Waals surface area contributed by atoms with Crippen molar-refractivity contribution < 1.29 is 33.4 Å². The largest absolute Gasteiger partial charge is 0.497 e. The highest BCUT2D eigenvalue weighted by Gasteiger charge is 2.24. The summed E-state index contributed by atoms with van der Waals surface area (Å²) >= 11 is 0. The van der Waals surface area contributed by atoms with E-state index in [-0.39, 0.29) is 64.7 Å². The molecule has 0 saturated carbocycles. The van der Waals surface area contributed by atoms with Crippen LogP contribution in [0.2, 0.25) is 0 Å². The SMILES string of the molecule is CCNC(=O)Nc1nc2c(-c3cc(OC)ccn3)cc(-n3cnc(C(=O)NC(C)(C)C)c3)cc2[nH]1.CCNC(=O)Nc1nc2c(-c3cc(OC)ccn3)cc(-n3cnc(C(=O)N[C@@H](C)c4ccccc4)c3)cc2[nH]1.CCNC(=O)Nc1nc2c(-c3ccccn3)cc(-c3cc(C)n(C(C)c4ccccn4)c(=O)c3)cc2[nH]1. The van der Waals surface area contributed by atoms with Gasteiger partial charge in [-0.05, 0) is 158 Å². The monoisotopic (exact) mass is 1490 g/mol. The van der Waals surface area contributed by atoms with E-state index in [1.807, 2.05) is 178 Å². The lowest BCUT2D eigenvalue weighted by Crippen LogP contribution is -2.40. The predicted molar refractivity (Wildman–Crippen MR) is 425 cm³/mol. The number of carbonyl (C=O) groups excluding carboxylic acids is 5. The number of rotatable bonds is 20. The molecule has 566 valence electrons. The molecular formula is C80H83N23O8. The van der Waals surface area contributed by atoms with Crippen molar-refractivity contribution in [2.75, 3.05) is 49.8 Å². The molecule has 14 aromatic rings. The molecule has 111 heavy (non-hydrogen) atoms. The number of fused-ring (bicyclic) bond motifs is 3. The van der Waals surface area contributed by atoms with E-state index in [4.69, 9.17) is 9.47 Å². The maximum absolute atomic E-state index is 13.3. The Labute approximate surface area is 637 Å². The third-order valence-electron chi connectivity index (χ3n) is 17.3.